The summed E-state index contributed by atoms with van der Waals surface area (Å²) >= 11 is 0. The van der Waals surface area contributed by atoms with E-state index >= 15 is 0 Å². The highest BCUT2D eigenvalue weighted by Crippen LogP contribution is 2.13. The van der Waals surface area contributed by atoms with Crippen molar-refractivity contribution in [3.8, 4) is 0 Å². The molecule has 0 saturated heterocycles. The predicted octanol–water partition coefficient (Wildman–Crippen LogP) is 2.75. The molecular weight excluding hydrogens is 342 g/mol. The van der Waals surface area contributed by atoms with Crippen molar-refractivity contribution in [1.29, 1.82) is 0 Å². The lowest BCUT2D eigenvalue weighted by atomic mass is 10.0. The Morgan fingerprint density at radius 2 is 1.52 bits per heavy atom. The third kappa shape index (κ3) is 5.41. The topological polar surface area (TPSA) is 87.3 Å². The van der Waals surface area contributed by atoms with Crippen LogP contribution in [0.2, 0.25) is 0 Å². The summed E-state index contributed by atoms with van der Waals surface area (Å²) in [6.45, 7) is 5.63. The molecule has 3 N–H and O–H groups in total. The summed E-state index contributed by atoms with van der Waals surface area (Å²) in [5.74, 6) is -0.980. The highest BCUT2D eigenvalue weighted by Gasteiger charge is 2.25. The lowest BCUT2D eigenvalue weighted by Gasteiger charge is -2.22. The SMILES string of the molecule is CNC(=O)c1cccc(NC(=O)C(NC(=O)c2cccc(C)c2)C(C)C)c1. The third-order valence-corrected chi connectivity index (χ3v) is 4.14. The number of hydrogen-bond donors (Lipinski definition) is 3. The molecule has 0 aliphatic heterocycles. The quantitative estimate of drug-likeness (QED) is 0.734. The van der Waals surface area contributed by atoms with E-state index in [4.69, 9.17) is 0 Å². The summed E-state index contributed by atoms with van der Waals surface area (Å²) in [4.78, 5) is 37.0. The van der Waals surface area contributed by atoms with Gasteiger partial charge in [0.05, 0.1) is 0 Å². The molecule has 0 fully saturated rings. The maximum Gasteiger partial charge on any atom is 0.251 e. The molecule has 2 rings (SSSR count). The second-order valence-electron chi connectivity index (χ2n) is 6.71. The number of anilines is 1. The van der Waals surface area contributed by atoms with Gasteiger partial charge in [-0.1, -0.05) is 37.6 Å². The van der Waals surface area contributed by atoms with E-state index in [1.165, 1.54) is 0 Å². The summed E-state index contributed by atoms with van der Waals surface area (Å²) in [6.07, 6.45) is 0. The Kier molecular flexibility index (Phi) is 6.71. The van der Waals surface area contributed by atoms with Gasteiger partial charge in [-0.05, 0) is 43.2 Å². The molecule has 6 nitrogen and oxygen atoms in total. The highest BCUT2D eigenvalue weighted by atomic mass is 16.2. The maximum atomic E-state index is 12.7. The van der Waals surface area contributed by atoms with Gasteiger partial charge in [0.25, 0.3) is 11.8 Å². The number of carbonyl (C=O) groups is 3. The maximum absolute atomic E-state index is 12.7. The number of hydrogen-bond acceptors (Lipinski definition) is 3. The minimum Gasteiger partial charge on any atom is -0.355 e. The highest BCUT2D eigenvalue weighted by molar-refractivity contribution is 6.02. The predicted molar refractivity (Wildman–Crippen MR) is 106 cm³/mol. The molecule has 0 bridgehead atoms. The second-order valence-corrected chi connectivity index (χ2v) is 6.71. The summed E-state index contributed by atoms with van der Waals surface area (Å²) in [7, 11) is 1.54. The molecule has 142 valence electrons. The smallest absolute Gasteiger partial charge is 0.251 e. The van der Waals surface area contributed by atoms with Gasteiger partial charge in [-0.3, -0.25) is 14.4 Å². The molecule has 6 heteroatoms. The van der Waals surface area contributed by atoms with E-state index in [0.29, 0.717) is 16.8 Å². The van der Waals surface area contributed by atoms with Crippen LogP contribution >= 0.6 is 0 Å². The van der Waals surface area contributed by atoms with Crippen LogP contribution in [-0.2, 0) is 4.79 Å². The van der Waals surface area contributed by atoms with E-state index in [1.54, 1.807) is 49.5 Å². The molecule has 2 aromatic rings. The normalized spacial score (nSPS) is 11.6. The Labute approximate surface area is 159 Å². The molecule has 0 heterocycles. The Hall–Kier alpha value is -3.15. The zero-order valence-corrected chi connectivity index (χ0v) is 16.0. The van der Waals surface area contributed by atoms with Crippen LogP contribution in [0.15, 0.2) is 48.5 Å². The lowest BCUT2D eigenvalue weighted by molar-refractivity contribution is -0.118. The first kappa shape index (κ1) is 20.2. The van der Waals surface area contributed by atoms with Crippen LogP contribution in [0.25, 0.3) is 0 Å². The molecule has 0 aliphatic rings. The molecule has 0 aliphatic carbocycles. The Balaban J connectivity index is 2.13. The zero-order valence-electron chi connectivity index (χ0n) is 16.0. The molecule has 0 radical (unpaired) electrons. The molecular formula is C21H25N3O3. The molecule has 1 atom stereocenters. The second kappa shape index (κ2) is 8.98. The van der Waals surface area contributed by atoms with Gasteiger partial charge in [-0.15, -0.1) is 0 Å². The molecule has 1 unspecified atom stereocenters. The van der Waals surface area contributed by atoms with Crippen molar-refractivity contribution in [2.45, 2.75) is 26.8 Å². The van der Waals surface area contributed by atoms with Gasteiger partial charge in [-0.2, -0.15) is 0 Å². The van der Waals surface area contributed by atoms with Crippen molar-refractivity contribution < 1.29 is 14.4 Å². The minimum atomic E-state index is -0.707. The summed E-state index contributed by atoms with van der Waals surface area (Å²) in [6, 6.07) is 13.1. The van der Waals surface area contributed by atoms with E-state index in [2.05, 4.69) is 16.0 Å². The molecule has 0 saturated carbocycles. The van der Waals surface area contributed by atoms with Gasteiger partial charge in [0.2, 0.25) is 5.91 Å². The van der Waals surface area contributed by atoms with E-state index in [-0.39, 0.29) is 23.6 Å². The number of amides is 3. The number of carbonyl (C=O) groups excluding carboxylic acids is 3. The standard InChI is InChI=1S/C21H25N3O3/c1-13(2)18(24-20(26)15-8-5-7-14(3)11-15)21(27)23-17-10-6-9-16(12-17)19(25)22-4/h5-13,18H,1-4H3,(H,22,25)(H,23,27)(H,24,26). The fraction of sp³-hybridized carbons (Fsp3) is 0.286. The molecule has 2 aromatic carbocycles. The first-order valence-electron chi connectivity index (χ1n) is 8.82. The Morgan fingerprint density at radius 3 is 2.11 bits per heavy atom. The lowest BCUT2D eigenvalue weighted by Crippen LogP contribution is -2.47. The van der Waals surface area contributed by atoms with Crippen LogP contribution in [0.3, 0.4) is 0 Å². The first-order valence-corrected chi connectivity index (χ1v) is 8.82. The summed E-state index contributed by atoms with van der Waals surface area (Å²) in [5, 5.41) is 8.12. The Morgan fingerprint density at radius 1 is 0.889 bits per heavy atom. The molecule has 0 spiro atoms. The third-order valence-electron chi connectivity index (χ3n) is 4.14. The summed E-state index contributed by atoms with van der Waals surface area (Å²) < 4.78 is 0. The van der Waals surface area contributed by atoms with Crippen molar-refractivity contribution in [3.05, 3.63) is 65.2 Å². The number of nitrogens with one attached hydrogen (secondary N) is 3. The van der Waals surface area contributed by atoms with Gasteiger partial charge >= 0.3 is 0 Å². The first-order chi connectivity index (χ1) is 12.8. The van der Waals surface area contributed by atoms with Crippen LogP contribution in [0, 0.1) is 12.8 Å². The largest absolute Gasteiger partial charge is 0.355 e. The average Bonchev–Trinajstić information content (AvgIpc) is 2.65. The van der Waals surface area contributed by atoms with Gasteiger partial charge < -0.3 is 16.0 Å². The van der Waals surface area contributed by atoms with Crippen LogP contribution in [0.1, 0.15) is 40.1 Å². The van der Waals surface area contributed by atoms with E-state index < -0.39 is 6.04 Å². The number of benzene rings is 2. The van der Waals surface area contributed by atoms with Crippen LogP contribution in [0.5, 0.6) is 0 Å². The van der Waals surface area contributed by atoms with Gasteiger partial charge in [0.1, 0.15) is 6.04 Å². The van der Waals surface area contributed by atoms with Crippen LogP contribution < -0.4 is 16.0 Å². The molecule has 27 heavy (non-hydrogen) atoms. The van der Waals surface area contributed by atoms with Gasteiger partial charge in [-0.25, -0.2) is 0 Å². The molecule has 0 aromatic heterocycles. The average molecular weight is 367 g/mol. The van der Waals surface area contributed by atoms with Crippen LogP contribution in [0.4, 0.5) is 5.69 Å². The number of rotatable bonds is 6. The fourth-order valence-electron chi connectivity index (χ4n) is 2.65. The van der Waals surface area contributed by atoms with Crippen molar-refractivity contribution in [2.75, 3.05) is 12.4 Å². The van der Waals surface area contributed by atoms with Crippen molar-refractivity contribution in [3.63, 3.8) is 0 Å². The molecule has 3 amide bonds. The van der Waals surface area contributed by atoms with Crippen molar-refractivity contribution in [2.24, 2.45) is 5.92 Å². The van der Waals surface area contributed by atoms with Crippen molar-refractivity contribution in [1.82, 2.24) is 10.6 Å². The Bertz CT molecular complexity index is 846. The van der Waals surface area contributed by atoms with Gasteiger partial charge in [0.15, 0.2) is 0 Å². The van der Waals surface area contributed by atoms with Crippen molar-refractivity contribution >= 4 is 23.4 Å². The van der Waals surface area contributed by atoms with Crippen LogP contribution in [-0.4, -0.2) is 30.8 Å². The number of aryl methyl sites for hydroxylation is 1. The van der Waals surface area contributed by atoms with E-state index in [1.807, 2.05) is 26.8 Å². The summed E-state index contributed by atoms with van der Waals surface area (Å²) in [5.41, 5.74) is 2.42. The fourth-order valence-corrected chi connectivity index (χ4v) is 2.65. The zero-order chi connectivity index (χ0) is 20.0. The van der Waals surface area contributed by atoms with E-state index in [0.717, 1.165) is 5.56 Å². The van der Waals surface area contributed by atoms with E-state index in [9.17, 15) is 14.4 Å². The van der Waals surface area contributed by atoms with Gasteiger partial charge in [0, 0.05) is 23.9 Å². The monoisotopic (exact) mass is 367 g/mol. The minimum absolute atomic E-state index is 0.110.